The molecule has 1 N–H and O–H groups in total. The number of likely N-dealkylation sites (N-methyl/N-ethyl adjacent to an activating group) is 1. The molecule has 1 aliphatic rings. The monoisotopic (exact) mass is 576 g/mol. The number of pyridine rings is 1. The van der Waals surface area contributed by atoms with E-state index in [-0.39, 0.29) is 44.0 Å². The molecule has 1 fully saturated rings. The third kappa shape index (κ3) is 5.08. The SMILES string of the molecule is CN1CCN(c2ccc(Nc3ncc4c(=O)n(-c5c(Cl)cccc5Cl)nc(-c5cccc(F)n5)c4n3)cc2)CC1. The van der Waals surface area contributed by atoms with Gasteiger partial charge in [0.2, 0.25) is 11.9 Å². The summed E-state index contributed by atoms with van der Waals surface area (Å²) in [6.07, 6.45) is 1.40. The second kappa shape index (κ2) is 10.8. The van der Waals surface area contributed by atoms with Crippen LogP contribution in [0, 0.1) is 5.95 Å². The van der Waals surface area contributed by atoms with Crippen molar-refractivity contribution < 1.29 is 4.39 Å². The van der Waals surface area contributed by atoms with E-state index in [9.17, 15) is 9.18 Å². The third-order valence-electron chi connectivity index (χ3n) is 6.73. The molecule has 6 rings (SSSR count). The van der Waals surface area contributed by atoms with Crippen LogP contribution in [0.3, 0.4) is 0 Å². The summed E-state index contributed by atoms with van der Waals surface area (Å²) in [5.74, 6) is -0.457. The lowest BCUT2D eigenvalue weighted by Crippen LogP contribution is -2.44. The first-order chi connectivity index (χ1) is 19.4. The maximum Gasteiger partial charge on any atom is 0.282 e. The first-order valence-electron chi connectivity index (χ1n) is 12.6. The number of para-hydroxylation sites is 1. The summed E-state index contributed by atoms with van der Waals surface area (Å²) in [6.45, 7) is 3.98. The van der Waals surface area contributed by atoms with Gasteiger partial charge >= 0.3 is 0 Å². The molecule has 1 aliphatic heterocycles. The van der Waals surface area contributed by atoms with Crippen molar-refractivity contribution in [3.8, 4) is 17.1 Å². The molecule has 0 bridgehead atoms. The van der Waals surface area contributed by atoms with E-state index in [1.165, 1.54) is 18.3 Å². The van der Waals surface area contributed by atoms with Crippen LogP contribution in [-0.2, 0) is 0 Å². The summed E-state index contributed by atoms with van der Waals surface area (Å²) in [4.78, 5) is 31.1. The molecule has 40 heavy (non-hydrogen) atoms. The molecule has 12 heteroatoms. The van der Waals surface area contributed by atoms with Gasteiger partial charge in [-0.1, -0.05) is 35.3 Å². The number of halogens is 3. The van der Waals surface area contributed by atoms with E-state index in [2.05, 4.69) is 42.2 Å². The molecule has 2 aromatic carbocycles. The topological polar surface area (TPSA) is 92.1 Å². The Bertz CT molecular complexity index is 1750. The smallest absolute Gasteiger partial charge is 0.282 e. The second-order valence-corrected chi connectivity index (χ2v) is 10.2. The van der Waals surface area contributed by atoms with Gasteiger partial charge in [0.05, 0.1) is 21.1 Å². The molecule has 4 heterocycles. The third-order valence-corrected chi connectivity index (χ3v) is 7.34. The minimum absolute atomic E-state index is 0.142. The summed E-state index contributed by atoms with van der Waals surface area (Å²) >= 11 is 12.8. The van der Waals surface area contributed by atoms with Crippen LogP contribution in [-0.4, -0.2) is 62.9 Å². The number of nitrogens with one attached hydrogen (secondary N) is 1. The summed E-state index contributed by atoms with van der Waals surface area (Å²) in [5, 5.41) is 8.27. The molecule has 1 saturated heterocycles. The van der Waals surface area contributed by atoms with E-state index < -0.39 is 11.5 Å². The Labute approximate surface area is 238 Å². The van der Waals surface area contributed by atoms with Gasteiger partial charge in [-0.15, -0.1) is 0 Å². The Morgan fingerprint density at radius 1 is 0.900 bits per heavy atom. The predicted octanol–water partition coefficient (Wildman–Crippen LogP) is 5.18. The first-order valence-corrected chi connectivity index (χ1v) is 13.3. The van der Waals surface area contributed by atoms with Gasteiger partial charge in [-0.3, -0.25) is 4.79 Å². The van der Waals surface area contributed by atoms with Crippen molar-refractivity contribution in [1.29, 1.82) is 0 Å². The van der Waals surface area contributed by atoms with E-state index in [0.29, 0.717) is 0 Å². The molecule has 202 valence electrons. The van der Waals surface area contributed by atoms with Gasteiger partial charge in [-0.25, -0.2) is 15.0 Å². The molecule has 0 unspecified atom stereocenters. The van der Waals surface area contributed by atoms with Crippen molar-refractivity contribution in [2.24, 2.45) is 0 Å². The lowest BCUT2D eigenvalue weighted by atomic mass is 10.2. The fourth-order valence-electron chi connectivity index (χ4n) is 4.59. The average Bonchev–Trinajstić information content (AvgIpc) is 2.95. The highest BCUT2D eigenvalue weighted by molar-refractivity contribution is 6.37. The van der Waals surface area contributed by atoms with Crippen molar-refractivity contribution in [2.45, 2.75) is 0 Å². The number of hydrogen-bond acceptors (Lipinski definition) is 8. The van der Waals surface area contributed by atoms with Gasteiger partial charge in [-0.05, 0) is 55.6 Å². The van der Waals surface area contributed by atoms with Crippen molar-refractivity contribution in [3.63, 3.8) is 0 Å². The molecule has 0 saturated carbocycles. The number of rotatable bonds is 5. The van der Waals surface area contributed by atoms with Gasteiger partial charge in [0.1, 0.15) is 16.9 Å². The molecular formula is C28H23Cl2FN8O. The average molecular weight is 577 g/mol. The quantitative estimate of drug-likeness (QED) is 0.286. The predicted molar refractivity (Wildman–Crippen MR) is 156 cm³/mol. The highest BCUT2D eigenvalue weighted by Gasteiger charge is 2.20. The Morgan fingerprint density at radius 2 is 1.60 bits per heavy atom. The van der Waals surface area contributed by atoms with E-state index in [4.69, 9.17) is 23.2 Å². The van der Waals surface area contributed by atoms with Crippen molar-refractivity contribution >= 4 is 51.4 Å². The molecule has 0 atom stereocenters. The standard InChI is InChI=1S/C28H23Cl2FN8O/c1-37-12-14-38(15-13-37)18-10-8-17(9-11-18)33-28-32-16-19-24(35-28)25(22-6-3-7-23(31)34-22)36-39(27(19)40)26-20(29)4-2-5-21(26)30/h2-11,16H,12-15H2,1H3,(H,32,33,35). The number of piperazine rings is 1. The normalized spacial score (nSPS) is 14.1. The van der Waals surface area contributed by atoms with Crippen LogP contribution in [0.5, 0.6) is 0 Å². The van der Waals surface area contributed by atoms with E-state index in [1.54, 1.807) is 24.3 Å². The van der Waals surface area contributed by atoms with Gasteiger partial charge in [0.15, 0.2) is 0 Å². The van der Waals surface area contributed by atoms with Gasteiger partial charge < -0.3 is 15.1 Å². The number of hydrogen-bond donors (Lipinski definition) is 1. The molecule has 0 aliphatic carbocycles. The lowest BCUT2D eigenvalue weighted by molar-refractivity contribution is 0.313. The first kappa shape index (κ1) is 26.1. The van der Waals surface area contributed by atoms with E-state index >= 15 is 0 Å². The second-order valence-electron chi connectivity index (χ2n) is 9.40. The van der Waals surface area contributed by atoms with Crippen LogP contribution in [0.1, 0.15) is 0 Å². The van der Waals surface area contributed by atoms with Gasteiger partial charge in [-0.2, -0.15) is 14.2 Å². The zero-order chi connectivity index (χ0) is 27.8. The van der Waals surface area contributed by atoms with Crippen molar-refractivity contribution in [2.75, 3.05) is 43.4 Å². The Hall–Kier alpha value is -4.12. The lowest BCUT2D eigenvalue weighted by Gasteiger charge is -2.34. The minimum Gasteiger partial charge on any atom is -0.369 e. The molecule has 0 amide bonds. The van der Waals surface area contributed by atoms with Crippen LogP contribution >= 0.6 is 23.2 Å². The Kier molecular flexibility index (Phi) is 7.05. The van der Waals surface area contributed by atoms with Crippen LogP contribution in [0.4, 0.5) is 21.7 Å². The summed E-state index contributed by atoms with van der Waals surface area (Å²) in [6, 6.07) is 17.2. The molecule has 9 nitrogen and oxygen atoms in total. The minimum atomic E-state index is -0.700. The largest absolute Gasteiger partial charge is 0.369 e. The van der Waals surface area contributed by atoms with E-state index in [1.807, 2.05) is 24.3 Å². The Balaban J connectivity index is 1.41. The molecule has 5 aromatic rings. The van der Waals surface area contributed by atoms with Gasteiger partial charge in [0.25, 0.3) is 5.56 Å². The van der Waals surface area contributed by atoms with Crippen LogP contribution in [0.2, 0.25) is 10.0 Å². The zero-order valence-electron chi connectivity index (χ0n) is 21.4. The number of nitrogens with zero attached hydrogens (tertiary/aromatic N) is 7. The maximum absolute atomic E-state index is 14.1. The van der Waals surface area contributed by atoms with Crippen LogP contribution < -0.4 is 15.8 Å². The van der Waals surface area contributed by atoms with Crippen molar-refractivity contribution in [1.82, 2.24) is 29.6 Å². The van der Waals surface area contributed by atoms with E-state index in [0.717, 1.165) is 42.2 Å². The van der Waals surface area contributed by atoms with Gasteiger partial charge in [0, 0.05) is 43.8 Å². The van der Waals surface area contributed by atoms with Crippen LogP contribution in [0.25, 0.3) is 28.0 Å². The van der Waals surface area contributed by atoms with Crippen LogP contribution in [0.15, 0.2) is 71.7 Å². The number of anilines is 3. The Morgan fingerprint density at radius 3 is 2.30 bits per heavy atom. The summed E-state index contributed by atoms with van der Waals surface area (Å²) in [5.41, 5.74) is 2.12. The molecule has 0 radical (unpaired) electrons. The highest BCUT2D eigenvalue weighted by atomic mass is 35.5. The molecule has 0 spiro atoms. The fourth-order valence-corrected chi connectivity index (χ4v) is 5.15. The number of aromatic nitrogens is 5. The summed E-state index contributed by atoms with van der Waals surface area (Å²) < 4.78 is 15.2. The number of benzene rings is 2. The zero-order valence-corrected chi connectivity index (χ0v) is 22.9. The highest BCUT2D eigenvalue weighted by Crippen LogP contribution is 2.30. The summed E-state index contributed by atoms with van der Waals surface area (Å²) in [7, 11) is 2.13. The maximum atomic E-state index is 14.1. The molecular weight excluding hydrogens is 554 g/mol. The van der Waals surface area contributed by atoms with Crippen molar-refractivity contribution in [3.05, 3.63) is 93.2 Å². The fraction of sp³-hybridized carbons (Fsp3) is 0.179. The molecule has 3 aromatic heterocycles. The number of fused-ring (bicyclic) bond motifs is 1.